The molecular weight excluding hydrogens is 226 g/mol. The van der Waals surface area contributed by atoms with E-state index in [2.05, 4.69) is 23.9 Å². The SMILES string of the molecule is C=C(Cl)CNCc1c(CC)nn(C)c1OC. The average Bonchev–Trinajstić information content (AvgIpc) is 2.54. The summed E-state index contributed by atoms with van der Waals surface area (Å²) in [5.41, 5.74) is 2.14. The summed E-state index contributed by atoms with van der Waals surface area (Å²) in [6.45, 7) is 6.98. The van der Waals surface area contributed by atoms with Gasteiger partial charge in [0, 0.05) is 25.2 Å². The van der Waals surface area contributed by atoms with E-state index in [1.807, 2.05) is 7.05 Å². The first-order valence-corrected chi connectivity index (χ1v) is 5.60. The zero-order chi connectivity index (χ0) is 12.1. The molecule has 1 aromatic heterocycles. The van der Waals surface area contributed by atoms with Crippen molar-refractivity contribution in [3.05, 3.63) is 22.9 Å². The Hall–Kier alpha value is -1.00. The maximum atomic E-state index is 5.69. The first kappa shape index (κ1) is 13.1. The van der Waals surface area contributed by atoms with Crippen LogP contribution in [0, 0.1) is 0 Å². The van der Waals surface area contributed by atoms with Crippen molar-refractivity contribution in [2.24, 2.45) is 7.05 Å². The van der Waals surface area contributed by atoms with Crippen LogP contribution in [0.3, 0.4) is 0 Å². The van der Waals surface area contributed by atoms with Crippen molar-refractivity contribution >= 4 is 11.6 Å². The summed E-state index contributed by atoms with van der Waals surface area (Å²) >= 11 is 5.69. The lowest BCUT2D eigenvalue weighted by molar-refractivity contribution is 0.368. The molecule has 0 aliphatic carbocycles. The van der Waals surface area contributed by atoms with E-state index in [-0.39, 0.29) is 0 Å². The van der Waals surface area contributed by atoms with Gasteiger partial charge >= 0.3 is 0 Å². The fourth-order valence-corrected chi connectivity index (χ4v) is 1.74. The standard InChI is InChI=1S/C11H18ClN3O/c1-5-10-9(7-13-6-8(2)12)11(16-4)15(3)14-10/h13H,2,5-7H2,1,3-4H3. The predicted octanol–water partition coefficient (Wildman–Crippen LogP) is 1.83. The van der Waals surface area contributed by atoms with Crippen molar-refractivity contribution in [3.63, 3.8) is 0 Å². The molecule has 16 heavy (non-hydrogen) atoms. The summed E-state index contributed by atoms with van der Waals surface area (Å²) in [7, 11) is 3.53. The molecule has 0 saturated heterocycles. The lowest BCUT2D eigenvalue weighted by atomic mass is 10.2. The minimum absolute atomic E-state index is 0.586. The molecule has 0 saturated carbocycles. The van der Waals surface area contributed by atoms with Gasteiger partial charge in [-0.05, 0) is 6.42 Å². The van der Waals surface area contributed by atoms with Crippen LogP contribution >= 0.6 is 11.6 Å². The van der Waals surface area contributed by atoms with Crippen LogP contribution in [0.4, 0.5) is 0 Å². The summed E-state index contributed by atoms with van der Waals surface area (Å²) < 4.78 is 7.08. The highest BCUT2D eigenvalue weighted by Gasteiger charge is 2.14. The lowest BCUT2D eigenvalue weighted by Crippen LogP contribution is -2.15. The van der Waals surface area contributed by atoms with Crippen LogP contribution < -0.4 is 10.1 Å². The Morgan fingerprint density at radius 1 is 1.62 bits per heavy atom. The van der Waals surface area contributed by atoms with Gasteiger partial charge in [-0.3, -0.25) is 0 Å². The molecule has 1 N–H and O–H groups in total. The van der Waals surface area contributed by atoms with Gasteiger partial charge in [-0.2, -0.15) is 5.10 Å². The Morgan fingerprint density at radius 3 is 2.81 bits per heavy atom. The first-order valence-electron chi connectivity index (χ1n) is 5.22. The Kier molecular flexibility index (Phi) is 4.83. The third-order valence-electron chi connectivity index (χ3n) is 2.32. The highest BCUT2D eigenvalue weighted by molar-refractivity contribution is 6.29. The van der Waals surface area contributed by atoms with Gasteiger partial charge in [-0.1, -0.05) is 25.1 Å². The van der Waals surface area contributed by atoms with Crippen LogP contribution in [-0.4, -0.2) is 23.4 Å². The molecule has 0 spiro atoms. The number of methoxy groups -OCH3 is 1. The molecule has 0 unspecified atom stereocenters. The second-order valence-corrected chi connectivity index (χ2v) is 4.07. The number of nitrogens with one attached hydrogen (secondary N) is 1. The first-order chi connectivity index (χ1) is 7.60. The maximum absolute atomic E-state index is 5.69. The molecule has 1 rings (SSSR count). The summed E-state index contributed by atoms with van der Waals surface area (Å²) in [5, 5.41) is 8.19. The van der Waals surface area contributed by atoms with Crippen LogP contribution in [0.2, 0.25) is 0 Å². The number of hydrogen-bond acceptors (Lipinski definition) is 3. The highest BCUT2D eigenvalue weighted by atomic mass is 35.5. The summed E-state index contributed by atoms with van der Waals surface area (Å²) in [5.74, 6) is 0.796. The van der Waals surface area contributed by atoms with E-state index in [1.54, 1.807) is 11.8 Å². The molecular formula is C11H18ClN3O. The van der Waals surface area contributed by atoms with Crippen LogP contribution in [-0.2, 0) is 20.0 Å². The van der Waals surface area contributed by atoms with Crippen molar-refractivity contribution in [1.29, 1.82) is 0 Å². The third-order valence-corrected chi connectivity index (χ3v) is 2.45. The normalized spacial score (nSPS) is 10.5. The van der Waals surface area contributed by atoms with E-state index in [0.29, 0.717) is 18.1 Å². The van der Waals surface area contributed by atoms with Crippen LogP contribution in [0.15, 0.2) is 11.6 Å². The number of halogens is 1. The van der Waals surface area contributed by atoms with E-state index in [0.717, 1.165) is 23.6 Å². The molecule has 0 aliphatic rings. The average molecular weight is 244 g/mol. The number of rotatable bonds is 6. The lowest BCUT2D eigenvalue weighted by Gasteiger charge is -2.06. The van der Waals surface area contributed by atoms with Crippen molar-refractivity contribution in [1.82, 2.24) is 15.1 Å². The Balaban J connectivity index is 2.79. The molecule has 90 valence electrons. The van der Waals surface area contributed by atoms with Gasteiger partial charge in [0.05, 0.1) is 18.4 Å². The molecule has 5 heteroatoms. The quantitative estimate of drug-likeness (QED) is 0.829. The van der Waals surface area contributed by atoms with Crippen LogP contribution in [0.1, 0.15) is 18.2 Å². The monoisotopic (exact) mass is 243 g/mol. The molecule has 0 aliphatic heterocycles. The van der Waals surface area contributed by atoms with E-state index in [4.69, 9.17) is 16.3 Å². The van der Waals surface area contributed by atoms with Crippen molar-refractivity contribution < 1.29 is 4.74 Å². The molecule has 0 bridgehead atoms. The van der Waals surface area contributed by atoms with Crippen molar-refractivity contribution in [2.75, 3.05) is 13.7 Å². The number of aryl methyl sites for hydroxylation is 2. The Morgan fingerprint density at radius 2 is 2.31 bits per heavy atom. The van der Waals surface area contributed by atoms with Gasteiger partial charge in [0.15, 0.2) is 0 Å². The van der Waals surface area contributed by atoms with Crippen molar-refractivity contribution in [2.45, 2.75) is 19.9 Å². The number of aromatic nitrogens is 2. The zero-order valence-corrected chi connectivity index (χ0v) is 10.8. The molecule has 0 fully saturated rings. The van der Waals surface area contributed by atoms with E-state index in [1.165, 1.54) is 0 Å². The highest BCUT2D eigenvalue weighted by Crippen LogP contribution is 2.21. The van der Waals surface area contributed by atoms with Crippen LogP contribution in [0.25, 0.3) is 0 Å². The molecule has 0 radical (unpaired) electrons. The van der Waals surface area contributed by atoms with Crippen molar-refractivity contribution in [3.8, 4) is 5.88 Å². The molecule has 4 nitrogen and oxygen atoms in total. The zero-order valence-electron chi connectivity index (χ0n) is 10.0. The van der Waals surface area contributed by atoms with Gasteiger partial charge in [-0.25, -0.2) is 4.68 Å². The largest absolute Gasteiger partial charge is 0.481 e. The van der Waals surface area contributed by atoms with E-state index >= 15 is 0 Å². The second-order valence-electron chi connectivity index (χ2n) is 3.53. The third kappa shape index (κ3) is 3.00. The number of hydrogen-bond donors (Lipinski definition) is 1. The topological polar surface area (TPSA) is 39.1 Å². The van der Waals surface area contributed by atoms with Gasteiger partial charge in [0.1, 0.15) is 0 Å². The summed E-state index contributed by atoms with van der Waals surface area (Å²) in [4.78, 5) is 0. The molecule has 0 aromatic carbocycles. The smallest absolute Gasteiger partial charge is 0.216 e. The van der Waals surface area contributed by atoms with Gasteiger partial charge in [0.2, 0.25) is 5.88 Å². The van der Waals surface area contributed by atoms with Gasteiger partial charge in [0.25, 0.3) is 0 Å². The molecule has 1 heterocycles. The minimum Gasteiger partial charge on any atom is -0.481 e. The Bertz CT molecular complexity index is 374. The minimum atomic E-state index is 0.586. The van der Waals surface area contributed by atoms with Gasteiger partial charge < -0.3 is 10.1 Å². The summed E-state index contributed by atoms with van der Waals surface area (Å²) in [6.07, 6.45) is 0.885. The maximum Gasteiger partial charge on any atom is 0.216 e. The second kappa shape index (κ2) is 5.92. The fraction of sp³-hybridized carbons (Fsp3) is 0.545. The molecule has 0 atom stereocenters. The van der Waals surface area contributed by atoms with Crippen LogP contribution in [0.5, 0.6) is 5.88 Å². The predicted molar refractivity (Wildman–Crippen MR) is 65.8 cm³/mol. The van der Waals surface area contributed by atoms with E-state index in [9.17, 15) is 0 Å². The number of ether oxygens (including phenoxy) is 1. The Labute approximate surface area is 101 Å². The summed E-state index contributed by atoms with van der Waals surface area (Å²) in [6, 6.07) is 0. The van der Waals surface area contributed by atoms with Gasteiger partial charge in [-0.15, -0.1) is 0 Å². The van der Waals surface area contributed by atoms with E-state index < -0.39 is 0 Å². The number of nitrogens with zero attached hydrogens (tertiary/aromatic N) is 2. The molecule has 1 aromatic rings. The fourth-order valence-electron chi connectivity index (χ4n) is 1.65. The molecule has 0 amide bonds.